The van der Waals surface area contributed by atoms with E-state index in [4.69, 9.17) is 0 Å². The molecule has 2 amide bonds. The maximum absolute atomic E-state index is 12.4. The number of hydrogen-bond acceptors (Lipinski definition) is 2. The van der Waals surface area contributed by atoms with E-state index in [2.05, 4.69) is 31.3 Å². The quantitative estimate of drug-likeness (QED) is 0.929. The molecule has 1 N–H and O–H groups in total. The monoisotopic (exact) mass is 314 g/mol. The van der Waals surface area contributed by atoms with Crippen molar-refractivity contribution in [2.24, 2.45) is 11.8 Å². The van der Waals surface area contributed by atoms with E-state index in [1.807, 2.05) is 13.0 Å². The molecule has 23 heavy (non-hydrogen) atoms. The first-order chi connectivity index (χ1) is 11.0. The molecule has 2 atom stereocenters. The van der Waals surface area contributed by atoms with Gasteiger partial charge in [0.05, 0.1) is 5.92 Å². The highest BCUT2D eigenvalue weighted by atomic mass is 16.2. The van der Waals surface area contributed by atoms with Crippen LogP contribution in [0.5, 0.6) is 0 Å². The summed E-state index contributed by atoms with van der Waals surface area (Å²) in [7, 11) is 0. The highest BCUT2D eigenvalue weighted by Gasteiger charge is 2.35. The smallest absolute Gasteiger partial charge is 0.227 e. The SMILES string of the molecule is CC(C)[C@@H](C)NC(=O)[C@@H]1CC(=O)N(c2ccc3c(c2)CCC3)C1. The molecule has 0 spiro atoms. The van der Waals surface area contributed by atoms with Gasteiger partial charge >= 0.3 is 0 Å². The predicted molar refractivity (Wildman–Crippen MR) is 91.4 cm³/mol. The lowest BCUT2D eigenvalue weighted by Crippen LogP contribution is -2.40. The van der Waals surface area contributed by atoms with E-state index in [0.717, 1.165) is 18.5 Å². The van der Waals surface area contributed by atoms with Gasteiger partial charge in [-0.1, -0.05) is 19.9 Å². The molecule has 0 saturated carbocycles. The molecular weight excluding hydrogens is 288 g/mol. The molecule has 0 unspecified atom stereocenters. The summed E-state index contributed by atoms with van der Waals surface area (Å²) in [5.74, 6) is 0.212. The second-order valence-electron chi connectivity index (χ2n) is 7.25. The first kappa shape index (κ1) is 16.0. The highest BCUT2D eigenvalue weighted by Crippen LogP contribution is 2.30. The minimum Gasteiger partial charge on any atom is -0.353 e. The topological polar surface area (TPSA) is 49.4 Å². The van der Waals surface area contributed by atoms with Crippen LogP contribution in [-0.2, 0) is 22.4 Å². The number of hydrogen-bond donors (Lipinski definition) is 1. The van der Waals surface area contributed by atoms with Gasteiger partial charge in [-0.25, -0.2) is 0 Å². The fourth-order valence-corrected chi connectivity index (χ4v) is 3.37. The van der Waals surface area contributed by atoms with E-state index < -0.39 is 0 Å². The summed E-state index contributed by atoms with van der Waals surface area (Å²) >= 11 is 0. The van der Waals surface area contributed by atoms with Crippen LogP contribution in [0.15, 0.2) is 18.2 Å². The average molecular weight is 314 g/mol. The van der Waals surface area contributed by atoms with Crippen LogP contribution in [0.25, 0.3) is 0 Å². The average Bonchev–Trinajstić information content (AvgIpc) is 3.12. The summed E-state index contributed by atoms with van der Waals surface area (Å²) in [5, 5.41) is 3.04. The van der Waals surface area contributed by atoms with E-state index in [1.165, 1.54) is 17.5 Å². The number of carbonyl (C=O) groups is 2. The van der Waals surface area contributed by atoms with E-state index in [1.54, 1.807) is 4.90 Å². The van der Waals surface area contributed by atoms with E-state index in [0.29, 0.717) is 18.9 Å². The standard InChI is InChI=1S/C19H26N2O2/c1-12(2)13(3)20-19(23)16-10-18(22)21(11-16)17-8-7-14-5-4-6-15(14)9-17/h7-9,12-13,16H,4-6,10-11H2,1-3H3,(H,20,23)/t13-,16-/m1/s1. The number of fused-ring (bicyclic) bond motifs is 1. The molecule has 1 saturated heterocycles. The first-order valence-electron chi connectivity index (χ1n) is 8.68. The molecule has 1 aromatic carbocycles. The molecule has 4 nitrogen and oxygen atoms in total. The molecule has 0 aromatic heterocycles. The Morgan fingerprint density at radius 3 is 2.70 bits per heavy atom. The Kier molecular flexibility index (Phi) is 4.42. The van der Waals surface area contributed by atoms with Crippen LogP contribution in [0.2, 0.25) is 0 Å². The van der Waals surface area contributed by atoms with Gasteiger partial charge in [0, 0.05) is 24.7 Å². The molecule has 1 aliphatic heterocycles. The Morgan fingerprint density at radius 2 is 1.96 bits per heavy atom. The fourth-order valence-electron chi connectivity index (χ4n) is 3.37. The summed E-state index contributed by atoms with van der Waals surface area (Å²) in [6, 6.07) is 6.43. The van der Waals surface area contributed by atoms with Crippen molar-refractivity contribution >= 4 is 17.5 Å². The van der Waals surface area contributed by atoms with Crippen molar-refractivity contribution in [2.45, 2.75) is 52.5 Å². The second kappa shape index (κ2) is 6.34. The zero-order chi connectivity index (χ0) is 16.6. The lowest BCUT2D eigenvalue weighted by atomic mass is 10.0. The van der Waals surface area contributed by atoms with Crippen molar-refractivity contribution in [1.29, 1.82) is 0 Å². The van der Waals surface area contributed by atoms with Gasteiger partial charge in [-0.15, -0.1) is 0 Å². The van der Waals surface area contributed by atoms with Gasteiger partial charge in [0.1, 0.15) is 0 Å². The Morgan fingerprint density at radius 1 is 1.22 bits per heavy atom. The summed E-state index contributed by atoms with van der Waals surface area (Å²) in [6.45, 7) is 6.68. The molecule has 1 fully saturated rings. The van der Waals surface area contributed by atoms with Gasteiger partial charge < -0.3 is 10.2 Å². The minimum absolute atomic E-state index is 0.00297. The number of benzene rings is 1. The van der Waals surface area contributed by atoms with Crippen molar-refractivity contribution < 1.29 is 9.59 Å². The molecule has 2 aliphatic rings. The van der Waals surface area contributed by atoms with Crippen molar-refractivity contribution in [3.05, 3.63) is 29.3 Å². The molecular formula is C19H26N2O2. The molecule has 0 bridgehead atoms. The van der Waals surface area contributed by atoms with Crippen LogP contribution in [0.4, 0.5) is 5.69 Å². The third-order valence-electron chi connectivity index (χ3n) is 5.26. The highest BCUT2D eigenvalue weighted by molar-refractivity contribution is 6.00. The summed E-state index contributed by atoms with van der Waals surface area (Å²) in [6.07, 6.45) is 3.75. The van der Waals surface area contributed by atoms with Gasteiger partial charge in [-0.2, -0.15) is 0 Å². The Labute approximate surface area is 138 Å². The number of rotatable bonds is 4. The molecule has 1 aliphatic carbocycles. The summed E-state index contributed by atoms with van der Waals surface area (Å²) < 4.78 is 0. The van der Waals surface area contributed by atoms with Crippen LogP contribution in [0.3, 0.4) is 0 Å². The van der Waals surface area contributed by atoms with Crippen LogP contribution in [0.1, 0.15) is 44.7 Å². The molecule has 124 valence electrons. The van der Waals surface area contributed by atoms with Crippen LogP contribution in [-0.4, -0.2) is 24.4 Å². The summed E-state index contributed by atoms with van der Waals surface area (Å²) in [5.41, 5.74) is 3.71. The third-order valence-corrected chi connectivity index (χ3v) is 5.26. The molecule has 1 aromatic rings. The zero-order valence-electron chi connectivity index (χ0n) is 14.3. The van der Waals surface area contributed by atoms with Gasteiger partial charge in [0.25, 0.3) is 0 Å². The van der Waals surface area contributed by atoms with E-state index in [-0.39, 0.29) is 23.8 Å². The molecule has 4 heteroatoms. The maximum atomic E-state index is 12.4. The minimum atomic E-state index is -0.239. The maximum Gasteiger partial charge on any atom is 0.227 e. The first-order valence-corrected chi connectivity index (χ1v) is 8.68. The zero-order valence-corrected chi connectivity index (χ0v) is 14.3. The number of amides is 2. The lowest BCUT2D eigenvalue weighted by Gasteiger charge is -2.21. The van der Waals surface area contributed by atoms with Crippen molar-refractivity contribution in [1.82, 2.24) is 5.32 Å². The van der Waals surface area contributed by atoms with Gasteiger partial charge in [-0.05, 0) is 55.4 Å². The van der Waals surface area contributed by atoms with Gasteiger partial charge in [0.15, 0.2) is 0 Å². The van der Waals surface area contributed by atoms with Crippen LogP contribution in [0, 0.1) is 11.8 Å². The van der Waals surface area contributed by atoms with E-state index >= 15 is 0 Å². The van der Waals surface area contributed by atoms with Crippen molar-refractivity contribution in [3.63, 3.8) is 0 Å². The molecule has 0 radical (unpaired) electrons. The lowest BCUT2D eigenvalue weighted by molar-refractivity contribution is -0.127. The number of nitrogens with one attached hydrogen (secondary N) is 1. The van der Waals surface area contributed by atoms with Crippen LogP contribution < -0.4 is 10.2 Å². The van der Waals surface area contributed by atoms with Gasteiger partial charge in [-0.3, -0.25) is 9.59 Å². The molecule has 3 rings (SSSR count). The van der Waals surface area contributed by atoms with E-state index in [9.17, 15) is 9.59 Å². The predicted octanol–water partition coefficient (Wildman–Crippen LogP) is 2.69. The van der Waals surface area contributed by atoms with Crippen molar-refractivity contribution in [3.8, 4) is 0 Å². The van der Waals surface area contributed by atoms with Crippen LogP contribution >= 0.6 is 0 Å². The Balaban J connectivity index is 1.69. The normalized spacial score (nSPS) is 21.7. The van der Waals surface area contributed by atoms with Gasteiger partial charge in [0.2, 0.25) is 11.8 Å². The Hall–Kier alpha value is -1.84. The number of nitrogens with zero attached hydrogens (tertiary/aromatic N) is 1. The Bertz CT molecular complexity index is 624. The van der Waals surface area contributed by atoms with Crippen molar-refractivity contribution in [2.75, 3.05) is 11.4 Å². The largest absolute Gasteiger partial charge is 0.353 e. The fraction of sp³-hybridized carbons (Fsp3) is 0.579. The number of carbonyl (C=O) groups excluding carboxylic acids is 2. The summed E-state index contributed by atoms with van der Waals surface area (Å²) in [4.78, 5) is 26.5. The third kappa shape index (κ3) is 3.26. The number of anilines is 1. The molecule has 1 heterocycles. The second-order valence-corrected chi connectivity index (χ2v) is 7.25. The number of aryl methyl sites for hydroxylation is 2.